The van der Waals surface area contributed by atoms with Gasteiger partial charge in [-0.2, -0.15) is 0 Å². The number of amides is 1. The van der Waals surface area contributed by atoms with Gasteiger partial charge in [0.1, 0.15) is 23.5 Å². The van der Waals surface area contributed by atoms with Gasteiger partial charge in [0.15, 0.2) is 0 Å². The Balaban J connectivity index is 1.60. The largest absolute Gasteiger partial charge is 0.384 e. The van der Waals surface area contributed by atoms with E-state index in [1.165, 1.54) is 0 Å². The second-order valence-corrected chi connectivity index (χ2v) is 7.68. The highest BCUT2D eigenvalue weighted by atomic mass is 16.5. The molecule has 4 rings (SSSR count). The standard InChI is InChI=1S/C21H24N6O2/c1-12(2)19-18(13(3)29-26-19)21(28)27-7-5-15(10-27)20-16(9-23-11-25-20)14-4-6-24-17(22)8-14/h4,6,8-9,11-12,15H,5,7,10H2,1-3H3,(H2,22,24). The van der Waals surface area contributed by atoms with Gasteiger partial charge in [-0.15, -0.1) is 0 Å². The van der Waals surface area contributed by atoms with Crippen LogP contribution < -0.4 is 5.73 Å². The molecule has 0 radical (unpaired) electrons. The highest BCUT2D eigenvalue weighted by Crippen LogP contribution is 2.34. The Morgan fingerprint density at radius 3 is 2.93 bits per heavy atom. The molecule has 0 saturated carbocycles. The monoisotopic (exact) mass is 392 g/mol. The summed E-state index contributed by atoms with van der Waals surface area (Å²) in [7, 11) is 0. The average molecular weight is 392 g/mol. The molecule has 2 N–H and O–H groups in total. The first kappa shape index (κ1) is 19.0. The Hall–Kier alpha value is -3.29. The topological polar surface area (TPSA) is 111 Å². The fourth-order valence-electron chi connectivity index (χ4n) is 3.87. The van der Waals surface area contributed by atoms with Crippen LogP contribution in [0, 0.1) is 6.92 Å². The number of likely N-dealkylation sites (tertiary alicyclic amines) is 1. The number of anilines is 1. The number of hydrogen-bond donors (Lipinski definition) is 1. The summed E-state index contributed by atoms with van der Waals surface area (Å²) in [5.74, 6) is 1.23. The maximum Gasteiger partial charge on any atom is 0.259 e. The number of carbonyl (C=O) groups excluding carboxylic acids is 1. The van der Waals surface area contributed by atoms with E-state index in [0.717, 1.165) is 23.2 Å². The van der Waals surface area contributed by atoms with Gasteiger partial charge in [-0.3, -0.25) is 4.79 Å². The third kappa shape index (κ3) is 3.57. The quantitative estimate of drug-likeness (QED) is 0.726. The number of hydrogen-bond acceptors (Lipinski definition) is 7. The van der Waals surface area contributed by atoms with Crippen molar-refractivity contribution < 1.29 is 9.32 Å². The lowest BCUT2D eigenvalue weighted by Gasteiger charge is -2.18. The fourth-order valence-corrected chi connectivity index (χ4v) is 3.87. The number of nitrogen functional groups attached to an aromatic ring is 1. The molecule has 0 aliphatic carbocycles. The molecule has 8 nitrogen and oxygen atoms in total. The average Bonchev–Trinajstić information content (AvgIpc) is 3.34. The van der Waals surface area contributed by atoms with Crippen molar-refractivity contribution in [2.45, 2.75) is 39.0 Å². The van der Waals surface area contributed by atoms with Gasteiger partial charge in [0.2, 0.25) is 0 Å². The van der Waals surface area contributed by atoms with E-state index in [0.29, 0.717) is 35.9 Å². The zero-order valence-electron chi connectivity index (χ0n) is 16.8. The number of rotatable bonds is 4. The second kappa shape index (κ2) is 7.62. The van der Waals surface area contributed by atoms with Crippen molar-refractivity contribution in [3.8, 4) is 11.1 Å². The molecule has 0 bridgehead atoms. The van der Waals surface area contributed by atoms with Crippen molar-refractivity contribution in [3.63, 3.8) is 0 Å². The summed E-state index contributed by atoms with van der Waals surface area (Å²) in [5, 5.41) is 4.09. The Morgan fingerprint density at radius 1 is 1.34 bits per heavy atom. The lowest BCUT2D eigenvalue weighted by atomic mass is 9.96. The lowest BCUT2D eigenvalue weighted by Crippen LogP contribution is -2.29. The van der Waals surface area contributed by atoms with E-state index in [-0.39, 0.29) is 17.7 Å². The minimum atomic E-state index is -0.0290. The molecule has 1 aliphatic rings. The second-order valence-electron chi connectivity index (χ2n) is 7.68. The van der Waals surface area contributed by atoms with Crippen LogP contribution in [0.2, 0.25) is 0 Å². The van der Waals surface area contributed by atoms with Gasteiger partial charge in [-0.05, 0) is 37.0 Å². The van der Waals surface area contributed by atoms with E-state index < -0.39 is 0 Å². The SMILES string of the molecule is Cc1onc(C(C)C)c1C(=O)N1CCC(c2ncncc2-c2ccnc(N)c2)C1. The zero-order valence-corrected chi connectivity index (χ0v) is 16.8. The molecule has 1 aliphatic heterocycles. The van der Waals surface area contributed by atoms with Crippen LogP contribution in [-0.2, 0) is 0 Å². The van der Waals surface area contributed by atoms with Gasteiger partial charge in [-0.1, -0.05) is 19.0 Å². The fraction of sp³-hybridized carbons (Fsp3) is 0.381. The van der Waals surface area contributed by atoms with Crippen LogP contribution in [-0.4, -0.2) is 44.0 Å². The van der Waals surface area contributed by atoms with Gasteiger partial charge in [0.25, 0.3) is 5.91 Å². The summed E-state index contributed by atoms with van der Waals surface area (Å²) in [6.07, 6.45) is 5.85. The molecule has 1 unspecified atom stereocenters. The lowest BCUT2D eigenvalue weighted by molar-refractivity contribution is 0.0787. The third-order valence-electron chi connectivity index (χ3n) is 5.35. The van der Waals surface area contributed by atoms with Crippen LogP contribution in [0.3, 0.4) is 0 Å². The summed E-state index contributed by atoms with van der Waals surface area (Å²) in [6.45, 7) is 7.05. The van der Waals surface area contributed by atoms with Crippen LogP contribution in [0.15, 0.2) is 35.4 Å². The van der Waals surface area contributed by atoms with E-state index in [1.54, 1.807) is 25.6 Å². The Bertz CT molecular complexity index is 1050. The molecule has 29 heavy (non-hydrogen) atoms. The van der Waals surface area contributed by atoms with E-state index >= 15 is 0 Å². The zero-order chi connectivity index (χ0) is 20.5. The van der Waals surface area contributed by atoms with E-state index in [2.05, 4.69) is 20.1 Å². The number of carbonyl (C=O) groups is 1. The molecule has 1 saturated heterocycles. The molecule has 1 amide bonds. The van der Waals surface area contributed by atoms with E-state index in [9.17, 15) is 4.79 Å². The number of pyridine rings is 1. The molecule has 1 fully saturated rings. The Morgan fingerprint density at radius 2 is 2.17 bits per heavy atom. The van der Waals surface area contributed by atoms with Gasteiger partial charge in [0, 0.05) is 37.0 Å². The minimum absolute atomic E-state index is 0.0290. The number of aromatic nitrogens is 4. The Labute approximate surface area is 169 Å². The maximum absolute atomic E-state index is 13.2. The van der Waals surface area contributed by atoms with Crippen molar-refractivity contribution in [3.05, 3.63) is 53.6 Å². The van der Waals surface area contributed by atoms with E-state index in [4.69, 9.17) is 10.3 Å². The number of aryl methyl sites for hydroxylation is 1. The summed E-state index contributed by atoms with van der Waals surface area (Å²) < 4.78 is 5.30. The molecular weight excluding hydrogens is 368 g/mol. The highest BCUT2D eigenvalue weighted by molar-refractivity contribution is 5.96. The van der Waals surface area contributed by atoms with Gasteiger partial charge >= 0.3 is 0 Å². The van der Waals surface area contributed by atoms with E-state index in [1.807, 2.05) is 30.9 Å². The molecule has 3 aromatic heterocycles. The van der Waals surface area contributed by atoms with Crippen molar-refractivity contribution in [2.24, 2.45) is 0 Å². The first-order valence-electron chi connectivity index (χ1n) is 9.73. The summed E-state index contributed by atoms with van der Waals surface area (Å²) in [6, 6.07) is 3.71. The minimum Gasteiger partial charge on any atom is -0.384 e. The van der Waals surface area contributed by atoms with Gasteiger partial charge < -0.3 is 15.2 Å². The van der Waals surface area contributed by atoms with Crippen molar-refractivity contribution in [2.75, 3.05) is 18.8 Å². The molecule has 1 atom stereocenters. The maximum atomic E-state index is 13.2. The smallest absolute Gasteiger partial charge is 0.259 e. The predicted molar refractivity (Wildman–Crippen MR) is 108 cm³/mol. The summed E-state index contributed by atoms with van der Waals surface area (Å²) >= 11 is 0. The summed E-state index contributed by atoms with van der Waals surface area (Å²) in [4.78, 5) is 27.9. The van der Waals surface area contributed by atoms with Crippen molar-refractivity contribution in [1.29, 1.82) is 0 Å². The van der Waals surface area contributed by atoms with Crippen LogP contribution in [0.25, 0.3) is 11.1 Å². The summed E-state index contributed by atoms with van der Waals surface area (Å²) in [5.41, 5.74) is 9.92. The highest BCUT2D eigenvalue weighted by Gasteiger charge is 2.33. The van der Waals surface area contributed by atoms with Crippen LogP contribution in [0.5, 0.6) is 0 Å². The normalized spacial score (nSPS) is 16.6. The van der Waals surface area contributed by atoms with Gasteiger partial charge in [0.05, 0.1) is 11.4 Å². The molecule has 3 aromatic rings. The molecule has 0 spiro atoms. The van der Waals surface area contributed by atoms with Crippen molar-refractivity contribution in [1.82, 2.24) is 25.0 Å². The molecular formula is C21H24N6O2. The molecule has 150 valence electrons. The first-order chi connectivity index (χ1) is 14.0. The van der Waals surface area contributed by atoms with Gasteiger partial charge in [-0.25, -0.2) is 15.0 Å². The van der Waals surface area contributed by atoms with Crippen LogP contribution in [0.4, 0.5) is 5.82 Å². The number of nitrogens with two attached hydrogens (primary N) is 1. The molecule has 8 heteroatoms. The Kier molecular flexibility index (Phi) is 5.00. The number of nitrogens with zero attached hydrogens (tertiary/aromatic N) is 5. The third-order valence-corrected chi connectivity index (χ3v) is 5.35. The molecule has 0 aromatic carbocycles. The van der Waals surface area contributed by atoms with Crippen LogP contribution in [0.1, 0.15) is 59.6 Å². The molecule has 4 heterocycles. The van der Waals surface area contributed by atoms with Crippen molar-refractivity contribution >= 4 is 11.7 Å². The first-order valence-corrected chi connectivity index (χ1v) is 9.73. The predicted octanol–water partition coefficient (Wildman–Crippen LogP) is 3.17. The van der Waals surface area contributed by atoms with Crippen LogP contribution >= 0.6 is 0 Å².